The molecule has 0 saturated carbocycles. The summed E-state index contributed by atoms with van der Waals surface area (Å²) < 4.78 is 0. The Balaban J connectivity index is 2.13. The Morgan fingerprint density at radius 1 is 1.10 bits per heavy atom. The number of nitrogens with zero attached hydrogens (tertiary/aromatic N) is 2. The monoisotopic (exact) mass is 388 g/mol. The van der Waals surface area contributed by atoms with Crippen LogP contribution in [0.1, 0.15) is 36.1 Å². The molecule has 0 N–H and O–H groups in total. The van der Waals surface area contributed by atoms with Gasteiger partial charge >= 0.3 is 5.97 Å². The van der Waals surface area contributed by atoms with Crippen molar-refractivity contribution in [2.75, 3.05) is 19.0 Å². The molecular formula is C25H28N2O2. The molecule has 0 atom stereocenters. The first-order chi connectivity index (χ1) is 13.8. The van der Waals surface area contributed by atoms with E-state index in [2.05, 4.69) is 66.4 Å². The van der Waals surface area contributed by atoms with Crippen molar-refractivity contribution in [1.82, 2.24) is 0 Å². The Labute approximate surface area is 173 Å². The first-order valence-electron chi connectivity index (χ1n) is 9.82. The Kier molecular flexibility index (Phi) is 6.32. The lowest BCUT2D eigenvalue weighted by Crippen LogP contribution is -2.13. The third kappa shape index (κ3) is 5.02. The van der Waals surface area contributed by atoms with E-state index in [0.717, 1.165) is 34.5 Å². The molecule has 0 unspecified atom stereocenters. The Hall–Kier alpha value is -3.14. The standard InChI is InChI=1S/C25H28N2O2/c1-17-10-13-23(24-16-22(27(4)5)12-11-21(24)14-17)25(26-29-19(3)28)15-20-9-7-6-8-18(20)2/h6-13,16H,14-15H2,1-5H3/b26-25+. The van der Waals surface area contributed by atoms with Crippen molar-refractivity contribution in [2.45, 2.75) is 33.6 Å². The Bertz CT molecular complexity index is 1010. The van der Waals surface area contributed by atoms with Crippen molar-refractivity contribution in [3.63, 3.8) is 0 Å². The largest absolute Gasteiger partial charge is 0.378 e. The molecule has 3 rings (SSSR count). The number of allylic oxidation sites excluding steroid dienone is 4. The van der Waals surface area contributed by atoms with Crippen LogP contribution in [0.25, 0.3) is 5.57 Å². The van der Waals surface area contributed by atoms with Gasteiger partial charge in [0.05, 0.1) is 5.71 Å². The summed E-state index contributed by atoms with van der Waals surface area (Å²) in [5.41, 5.74) is 8.86. The summed E-state index contributed by atoms with van der Waals surface area (Å²) in [4.78, 5) is 18.7. The van der Waals surface area contributed by atoms with Crippen LogP contribution < -0.4 is 4.90 Å². The van der Waals surface area contributed by atoms with Gasteiger partial charge in [-0.15, -0.1) is 0 Å². The number of anilines is 1. The van der Waals surface area contributed by atoms with E-state index in [0.29, 0.717) is 6.42 Å². The lowest BCUT2D eigenvalue weighted by molar-refractivity contribution is -0.140. The lowest BCUT2D eigenvalue weighted by Gasteiger charge is -2.19. The maximum atomic E-state index is 11.5. The van der Waals surface area contributed by atoms with Crippen LogP contribution in [-0.4, -0.2) is 25.8 Å². The van der Waals surface area contributed by atoms with Gasteiger partial charge in [0.1, 0.15) is 0 Å². The zero-order valence-corrected chi connectivity index (χ0v) is 17.8. The molecule has 1 aliphatic carbocycles. The average Bonchev–Trinajstić information content (AvgIpc) is 2.84. The van der Waals surface area contributed by atoms with Crippen molar-refractivity contribution < 1.29 is 9.63 Å². The summed E-state index contributed by atoms with van der Waals surface area (Å²) >= 11 is 0. The highest BCUT2D eigenvalue weighted by atomic mass is 16.7. The maximum absolute atomic E-state index is 11.5. The molecule has 0 aromatic heterocycles. The lowest BCUT2D eigenvalue weighted by atomic mass is 9.91. The van der Waals surface area contributed by atoms with Crippen molar-refractivity contribution in [3.05, 3.63) is 82.4 Å². The highest BCUT2D eigenvalue weighted by molar-refractivity contribution is 6.25. The van der Waals surface area contributed by atoms with Crippen LogP contribution in [0.2, 0.25) is 0 Å². The number of hydrogen-bond acceptors (Lipinski definition) is 4. The van der Waals surface area contributed by atoms with Crippen LogP contribution in [-0.2, 0) is 22.5 Å². The van der Waals surface area contributed by atoms with Crippen LogP contribution >= 0.6 is 0 Å². The molecule has 4 nitrogen and oxygen atoms in total. The fraction of sp³-hybridized carbons (Fsp3) is 0.280. The Morgan fingerprint density at radius 2 is 1.86 bits per heavy atom. The van der Waals surface area contributed by atoms with Gasteiger partial charge in [0.15, 0.2) is 0 Å². The van der Waals surface area contributed by atoms with Crippen molar-refractivity contribution in [2.24, 2.45) is 5.16 Å². The highest BCUT2D eigenvalue weighted by Crippen LogP contribution is 2.31. The molecule has 1 aliphatic rings. The fourth-order valence-corrected chi connectivity index (χ4v) is 3.46. The van der Waals surface area contributed by atoms with Gasteiger partial charge in [0.25, 0.3) is 0 Å². The van der Waals surface area contributed by atoms with E-state index in [4.69, 9.17) is 4.84 Å². The maximum Gasteiger partial charge on any atom is 0.331 e. The van der Waals surface area contributed by atoms with Gasteiger partial charge in [0.2, 0.25) is 0 Å². The molecular weight excluding hydrogens is 360 g/mol. The van der Waals surface area contributed by atoms with E-state index in [1.54, 1.807) is 0 Å². The first-order valence-corrected chi connectivity index (χ1v) is 9.82. The second-order valence-corrected chi connectivity index (χ2v) is 7.73. The molecule has 0 saturated heterocycles. The summed E-state index contributed by atoms with van der Waals surface area (Å²) in [5.74, 6) is -0.421. The van der Waals surface area contributed by atoms with E-state index in [9.17, 15) is 4.79 Å². The molecule has 0 bridgehead atoms. The van der Waals surface area contributed by atoms with Gasteiger partial charge in [0, 0.05) is 38.7 Å². The molecule has 0 spiro atoms. The smallest absolute Gasteiger partial charge is 0.331 e. The molecule has 0 radical (unpaired) electrons. The number of fused-ring (bicyclic) bond motifs is 1. The molecule has 2 aromatic carbocycles. The zero-order valence-electron chi connectivity index (χ0n) is 17.8. The van der Waals surface area contributed by atoms with Crippen LogP contribution in [0.3, 0.4) is 0 Å². The van der Waals surface area contributed by atoms with E-state index in [1.165, 1.54) is 23.6 Å². The predicted molar refractivity (Wildman–Crippen MR) is 120 cm³/mol. The minimum absolute atomic E-state index is 0.421. The van der Waals surface area contributed by atoms with Crippen LogP contribution in [0.4, 0.5) is 5.69 Å². The van der Waals surface area contributed by atoms with Crippen molar-refractivity contribution in [3.8, 4) is 0 Å². The summed E-state index contributed by atoms with van der Waals surface area (Å²) in [6, 6.07) is 14.7. The van der Waals surface area contributed by atoms with Gasteiger partial charge in [-0.05, 0) is 54.7 Å². The molecule has 2 aromatic rings. The van der Waals surface area contributed by atoms with Gasteiger partial charge in [-0.1, -0.05) is 53.2 Å². The van der Waals surface area contributed by atoms with Gasteiger partial charge in [-0.3, -0.25) is 0 Å². The second-order valence-electron chi connectivity index (χ2n) is 7.73. The van der Waals surface area contributed by atoms with Crippen molar-refractivity contribution in [1.29, 1.82) is 0 Å². The molecule has 0 amide bonds. The van der Waals surface area contributed by atoms with E-state index in [-0.39, 0.29) is 0 Å². The number of rotatable bonds is 5. The van der Waals surface area contributed by atoms with Gasteiger partial charge in [-0.2, -0.15) is 0 Å². The second kappa shape index (κ2) is 8.91. The number of hydrogen-bond donors (Lipinski definition) is 0. The molecule has 0 heterocycles. The first kappa shape index (κ1) is 20.6. The quantitative estimate of drug-likeness (QED) is 0.406. The van der Waals surface area contributed by atoms with Gasteiger partial charge < -0.3 is 9.74 Å². The third-order valence-corrected chi connectivity index (χ3v) is 5.12. The molecule has 4 heteroatoms. The van der Waals surface area contributed by atoms with E-state index >= 15 is 0 Å². The molecule has 0 fully saturated rings. The van der Waals surface area contributed by atoms with Crippen LogP contribution in [0.5, 0.6) is 0 Å². The van der Waals surface area contributed by atoms with Crippen LogP contribution in [0, 0.1) is 6.92 Å². The summed E-state index contributed by atoms with van der Waals surface area (Å²) in [6.45, 7) is 5.59. The minimum Gasteiger partial charge on any atom is -0.378 e. The number of benzene rings is 2. The molecule has 0 aliphatic heterocycles. The molecule has 150 valence electrons. The molecule has 29 heavy (non-hydrogen) atoms. The highest BCUT2D eigenvalue weighted by Gasteiger charge is 2.19. The zero-order chi connectivity index (χ0) is 21.0. The summed E-state index contributed by atoms with van der Waals surface area (Å²) in [5, 5.41) is 4.28. The SMILES string of the molecule is CC(=O)O/N=C(\Cc1ccccc1C)C1=CC=C(C)Cc2ccc(N(C)C)cc21. The number of carbonyl (C=O) groups is 1. The van der Waals surface area contributed by atoms with Crippen LogP contribution in [0.15, 0.2) is 65.3 Å². The van der Waals surface area contributed by atoms with E-state index in [1.807, 2.05) is 26.2 Å². The Morgan fingerprint density at radius 3 is 2.55 bits per heavy atom. The number of carbonyl (C=O) groups excluding carboxylic acids is 1. The summed E-state index contributed by atoms with van der Waals surface area (Å²) in [6.07, 6.45) is 5.70. The fourth-order valence-electron chi connectivity index (χ4n) is 3.46. The topological polar surface area (TPSA) is 41.9 Å². The average molecular weight is 389 g/mol. The predicted octanol–water partition coefficient (Wildman–Crippen LogP) is 5.11. The third-order valence-electron chi connectivity index (χ3n) is 5.12. The van der Waals surface area contributed by atoms with Gasteiger partial charge in [-0.25, -0.2) is 4.79 Å². The van der Waals surface area contributed by atoms with Crippen molar-refractivity contribution >= 4 is 22.9 Å². The number of aryl methyl sites for hydroxylation is 1. The summed E-state index contributed by atoms with van der Waals surface area (Å²) in [7, 11) is 4.07. The number of oxime groups is 1. The normalized spacial score (nSPS) is 13.8. The van der Waals surface area contributed by atoms with E-state index < -0.39 is 5.97 Å². The minimum atomic E-state index is -0.421.